The van der Waals surface area contributed by atoms with Crippen LogP contribution in [0.1, 0.15) is 35.5 Å². The molecule has 1 amide bonds. The normalized spacial score (nSPS) is 12.6. The molecular formula is C20H21ClF3N5O2. The standard InChI is InChI=1S/C20H21ClF3N5O2/c1-11-5-6-16(12(2)7-11)31-10-28-9-15(8-25-28)26-19(30)14(4)29-13(3)17(21)18(27-29)20(22,23)24/h5-9,14H,10H2,1-4H3,(H,26,30). The van der Waals surface area contributed by atoms with Crippen LogP contribution >= 0.6 is 11.6 Å². The molecule has 0 aliphatic heterocycles. The number of carbonyl (C=O) groups excluding carboxylic acids is 1. The third-order valence-electron chi connectivity index (χ3n) is 4.68. The van der Waals surface area contributed by atoms with E-state index >= 15 is 0 Å². The second kappa shape index (κ2) is 8.62. The van der Waals surface area contributed by atoms with E-state index in [0.717, 1.165) is 15.8 Å². The van der Waals surface area contributed by atoms with Crippen LogP contribution in [0, 0.1) is 20.8 Å². The molecule has 1 N–H and O–H groups in total. The largest absolute Gasteiger partial charge is 0.471 e. The number of benzene rings is 1. The molecule has 0 aliphatic carbocycles. The molecular weight excluding hydrogens is 435 g/mol. The van der Waals surface area contributed by atoms with Gasteiger partial charge in [-0.3, -0.25) is 9.48 Å². The molecule has 0 radical (unpaired) electrons. The molecule has 11 heteroatoms. The Balaban J connectivity index is 1.66. The van der Waals surface area contributed by atoms with Crippen LogP contribution in [0.3, 0.4) is 0 Å². The van der Waals surface area contributed by atoms with Gasteiger partial charge in [-0.2, -0.15) is 23.4 Å². The van der Waals surface area contributed by atoms with Gasteiger partial charge in [-0.1, -0.05) is 29.3 Å². The molecule has 0 saturated heterocycles. The molecule has 1 unspecified atom stereocenters. The van der Waals surface area contributed by atoms with Crippen LogP contribution in [-0.2, 0) is 17.7 Å². The molecule has 0 bridgehead atoms. The van der Waals surface area contributed by atoms with E-state index in [1.54, 1.807) is 6.20 Å². The Kier molecular flexibility index (Phi) is 6.30. The average molecular weight is 456 g/mol. The number of alkyl halides is 3. The minimum atomic E-state index is -4.71. The monoisotopic (exact) mass is 455 g/mol. The number of halogens is 4. The summed E-state index contributed by atoms with van der Waals surface area (Å²) in [6.45, 7) is 6.85. The van der Waals surface area contributed by atoms with Crippen molar-refractivity contribution in [1.82, 2.24) is 19.6 Å². The van der Waals surface area contributed by atoms with Crippen LogP contribution in [0.4, 0.5) is 18.9 Å². The van der Waals surface area contributed by atoms with Crippen molar-refractivity contribution in [1.29, 1.82) is 0 Å². The summed E-state index contributed by atoms with van der Waals surface area (Å²) in [7, 11) is 0. The summed E-state index contributed by atoms with van der Waals surface area (Å²) in [5, 5.41) is 9.68. The number of nitrogens with one attached hydrogen (secondary N) is 1. The Labute approximate surface area is 181 Å². The van der Waals surface area contributed by atoms with Gasteiger partial charge in [0.25, 0.3) is 0 Å². The first-order valence-electron chi connectivity index (χ1n) is 9.32. The minimum Gasteiger partial charge on any atom is -0.471 e. The fourth-order valence-electron chi connectivity index (χ4n) is 3.01. The summed E-state index contributed by atoms with van der Waals surface area (Å²) in [6.07, 6.45) is -1.74. The van der Waals surface area contributed by atoms with Crippen molar-refractivity contribution >= 4 is 23.2 Å². The quantitative estimate of drug-likeness (QED) is 0.573. The maximum atomic E-state index is 13.0. The number of aryl methyl sites for hydroxylation is 2. The molecule has 7 nitrogen and oxygen atoms in total. The topological polar surface area (TPSA) is 74.0 Å². The van der Waals surface area contributed by atoms with E-state index in [4.69, 9.17) is 16.3 Å². The number of ether oxygens (including phenoxy) is 1. The van der Waals surface area contributed by atoms with Crippen LogP contribution in [-0.4, -0.2) is 25.5 Å². The summed E-state index contributed by atoms with van der Waals surface area (Å²) >= 11 is 5.75. The van der Waals surface area contributed by atoms with E-state index in [1.165, 1.54) is 24.7 Å². The van der Waals surface area contributed by atoms with E-state index < -0.39 is 28.8 Å². The smallest absolute Gasteiger partial charge is 0.436 e. The van der Waals surface area contributed by atoms with Crippen molar-refractivity contribution in [3.63, 3.8) is 0 Å². The number of hydrogen-bond donors (Lipinski definition) is 1. The van der Waals surface area contributed by atoms with Crippen molar-refractivity contribution in [2.24, 2.45) is 0 Å². The number of anilines is 1. The highest BCUT2D eigenvalue weighted by Crippen LogP contribution is 2.36. The van der Waals surface area contributed by atoms with E-state index in [9.17, 15) is 18.0 Å². The lowest BCUT2D eigenvalue weighted by Gasteiger charge is -2.13. The molecule has 0 fully saturated rings. The van der Waals surface area contributed by atoms with E-state index in [-0.39, 0.29) is 12.4 Å². The minimum absolute atomic E-state index is 0.0502. The third kappa shape index (κ3) is 5.01. The highest BCUT2D eigenvalue weighted by molar-refractivity contribution is 6.32. The molecule has 2 aromatic heterocycles. The van der Waals surface area contributed by atoms with Crippen molar-refractivity contribution in [2.45, 2.75) is 46.6 Å². The van der Waals surface area contributed by atoms with Gasteiger partial charge >= 0.3 is 6.18 Å². The van der Waals surface area contributed by atoms with Gasteiger partial charge in [-0.25, -0.2) is 4.68 Å². The summed E-state index contributed by atoms with van der Waals surface area (Å²) in [5.74, 6) is 0.151. The van der Waals surface area contributed by atoms with E-state index in [2.05, 4.69) is 15.5 Å². The zero-order valence-electron chi connectivity index (χ0n) is 17.3. The van der Waals surface area contributed by atoms with Crippen molar-refractivity contribution < 1.29 is 22.7 Å². The van der Waals surface area contributed by atoms with Crippen LogP contribution in [0.25, 0.3) is 0 Å². The molecule has 166 valence electrons. The lowest BCUT2D eigenvalue weighted by atomic mass is 10.1. The number of rotatable bonds is 6. The summed E-state index contributed by atoms with van der Waals surface area (Å²) in [4.78, 5) is 12.5. The first-order chi connectivity index (χ1) is 14.5. The number of nitrogens with zero attached hydrogens (tertiary/aromatic N) is 4. The van der Waals surface area contributed by atoms with Gasteiger partial charge in [0.15, 0.2) is 12.4 Å². The van der Waals surface area contributed by atoms with Crippen molar-refractivity contribution in [3.05, 3.63) is 58.1 Å². The molecule has 0 aliphatic rings. The second-order valence-corrected chi connectivity index (χ2v) is 7.54. The predicted molar refractivity (Wildman–Crippen MR) is 109 cm³/mol. The number of amides is 1. The lowest BCUT2D eigenvalue weighted by molar-refractivity contribution is -0.141. The second-order valence-electron chi connectivity index (χ2n) is 7.17. The molecule has 3 rings (SSSR count). The van der Waals surface area contributed by atoms with Crippen molar-refractivity contribution in [2.75, 3.05) is 5.32 Å². The SMILES string of the molecule is Cc1ccc(OCn2cc(NC(=O)C(C)n3nc(C(F)(F)F)c(Cl)c3C)cn2)c(C)c1. The lowest BCUT2D eigenvalue weighted by Crippen LogP contribution is -2.25. The summed E-state index contributed by atoms with van der Waals surface area (Å²) in [6, 6.07) is 4.78. The van der Waals surface area contributed by atoms with Gasteiger partial charge in [0, 0.05) is 0 Å². The summed E-state index contributed by atoms with van der Waals surface area (Å²) < 4.78 is 47.2. The Morgan fingerprint density at radius 1 is 1.29 bits per heavy atom. The van der Waals surface area contributed by atoms with Gasteiger partial charge in [-0.15, -0.1) is 0 Å². The van der Waals surface area contributed by atoms with E-state index in [1.807, 2.05) is 32.0 Å². The Bertz CT molecular complexity index is 1110. The zero-order valence-corrected chi connectivity index (χ0v) is 18.0. The Morgan fingerprint density at radius 2 is 2.00 bits per heavy atom. The maximum absolute atomic E-state index is 13.0. The highest BCUT2D eigenvalue weighted by atomic mass is 35.5. The number of aromatic nitrogens is 4. The van der Waals surface area contributed by atoms with Gasteiger partial charge in [-0.05, 0) is 39.3 Å². The molecule has 1 atom stereocenters. The van der Waals surface area contributed by atoms with E-state index in [0.29, 0.717) is 11.4 Å². The van der Waals surface area contributed by atoms with Gasteiger partial charge in [0.05, 0.1) is 28.8 Å². The first kappa shape index (κ1) is 22.7. The fraction of sp³-hybridized carbons (Fsp3) is 0.350. The van der Waals surface area contributed by atoms with Crippen LogP contribution in [0.2, 0.25) is 5.02 Å². The molecule has 1 aromatic carbocycles. The fourth-order valence-corrected chi connectivity index (χ4v) is 3.24. The number of carbonyl (C=O) groups is 1. The molecule has 0 saturated carbocycles. The molecule has 3 aromatic rings. The Hall–Kier alpha value is -3.01. The molecule has 31 heavy (non-hydrogen) atoms. The van der Waals surface area contributed by atoms with Gasteiger partial charge < -0.3 is 10.1 Å². The van der Waals surface area contributed by atoms with Crippen molar-refractivity contribution in [3.8, 4) is 5.75 Å². The first-order valence-corrected chi connectivity index (χ1v) is 9.70. The third-order valence-corrected chi connectivity index (χ3v) is 5.13. The maximum Gasteiger partial charge on any atom is 0.436 e. The predicted octanol–water partition coefficient (Wildman–Crippen LogP) is 4.91. The van der Waals surface area contributed by atoms with Crippen LogP contribution < -0.4 is 10.1 Å². The van der Waals surface area contributed by atoms with Gasteiger partial charge in [0.1, 0.15) is 11.8 Å². The summed E-state index contributed by atoms with van der Waals surface area (Å²) in [5.41, 5.74) is 1.31. The van der Waals surface area contributed by atoms with Gasteiger partial charge in [0.2, 0.25) is 5.91 Å². The Morgan fingerprint density at radius 3 is 2.61 bits per heavy atom. The zero-order chi connectivity index (χ0) is 22.9. The molecule has 2 heterocycles. The highest BCUT2D eigenvalue weighted by Gasteiger charge is 2.39. The number of hydrogen-bond acceptors (Lipinski definition) is 4. The molecule has 0 spiro atoms. The average Bonchev–Trinajstić information content (AvgIpc) is 3.25. The van der Waals surface area contributed by atoms with Crippen LogP contribution in [0.15, 0.2) is 30.6 Å². The van der Waals surface area contributed by atoms with Crippen LogP contribution in [0.5, 0.6) is 5.75 Å².